The van der Waals surface area contributed by atoms with Crippen molar-refractivity contribution in [2.24, 2.45) is 0 Å². The van der Waals surface area contributed by atoms with E-state index in [1.807, 2.05) is 16.8 Å². The van der Waals surface area contributed by atoms with E-state index < -0.39 is 0 Å². The fourth-order valence-corrected chi connectivity index (χ4v) is 3.91. The Morgan fingerprint density at radius 2 is 1.92 bits per heavy atom. The van der Waals surface area contributed by atoms with E-state index in [-0.39, 0.29) is 0 Å². The molecule has 4 rings (SSSR count). The number of benzene rings is 2. The second-order valence-corrected chi connectivity index (χ2v) is 6.76. The molecule has 122 valence electrons. The molecule has 2 aromatic carbocycles. The lowest BCUT2D eigenvalue weighted by Crippen LogP contribution is -2.33. The van der Waals surface area contributed by atoms with E-state index >= 15 is 0 Å². The lowest BCUT2D eigenvalue weighted by atomic mass is 10.2. The largest absolute Gasteiger partial charge is 0.306 e. The molecule has 0 fully saturated rings. The Bertz CT molecular complexity index is 1020. The first-order chi connectivity index (χ1) is 12.3. The van der Waals surface area contributed by atoms with E-state index in [4.69, 9.17) is 0 Å². The lowest BCUT2D eigenvalue weighted by Gasteiger charge is -2.01. The van der Waals surface area contributed by atoms with Crippen LogP contribution in [0.3, 0.4) is 0 Å². The van der Waals surface area contributed by atoms with Gasteiger partial charge in [-0.15, -0.1) is 0 Å². The van der Waals surface area contributed by atoms with Crippen molar-refractivity contribution in [1.82, 2.24) is 9.55 Å². The van der Waals surface area contributed by atoms with Gasteiger partial charge in [-0.1, -0.05) is 42.2 Å². The zero-order valence-electron chi connectivity index (χ0n) is 13.7. The summed E-state index contributed by atoms with van der Waals surface area (Å²) in [5, 5.41) is 1.22. The van der Waals surface area contributed by atoms with Gasteiger partial charge in [0.2, 0.25) is 5.52 Å². The first kappa shape index (κ1) is 15.5. The Labute approximate surface area is 150 Å². The third-order valence-corrected chi connectivity index (χ3v) is 5.19. The van der Waals surface area contributed by atoms with Gasteiger partial charge in [0.1, 0.15) is 4.70 Å². The van der Waals surface area contributed by atoms with Crippen molar-refractivity contribution in [3.63, 3.8) is 0 Å². The summed E-state index contributed by atoms with van der Waals surface area (Å²) in [6, 6.07) is 16.9. The molecular formula is C21H18N3S+. The maximum Gasteiger partial charge on any atom is 0.263 e. The first-order valence-electron chi connectivity index (χ1n) is 8.14. The smallest absolute Gasteiger partial charge is 0.263 e. The number of nitrogens with zero attached hydrogens (tertiary/aromatic N) is 3. The summed E-state index contributed by atoms with van der Waals surface area (Å²) in [6.45, 7) is 4.70. The molecule has 0 N–H and O–H groups in total. The monoisotopic (exact) mass is 344 g/mol. The minimum absolute atomic E-state index is 0.809. The predicted molar refractivity (Wildman–Crippen MR) is 105 cm³/mol. The van der Waals surface area contributed by atoms with Gasteiger partial charge in [0.15, 0.2) is 6.54 Å². The fraction of sp³-hybridized carbons (Fsp3) is 0.0476. The van der Waals surface area contributed by atoms with Crippen LogP contribution in [0, 0.1) is 0 Å². The highest BCUT2D eigenvalue weighted by molar-refractivity contribution is 7.18. The van der Waals surface area contributed by atoms with Gasteiger partial charge in [-0.3, -0.25) is 0 Å². The average molecular weight is 344 g/mol. The SMILES string of the molecule is C=CC[n+]1c(/C=C/c2ccc(-n3ccnc3)cc2)sc2ccccc21. The van der Waals surface area contributed by atoms with E-state index in [0.717, 1.165) is 12.2 Å². The zero-order chi connectivity index (χ0) is 17.1. The third kappa shape index (κ3) is 3.16. The summed E-state index contributed by atoms with van der Waals surface area (Å²) >= 11 is 1.80. The molecule has 0 aliphatic heterocycles. The minimum Gasteiger partial charge on any atom is -0.306 e. The van der Waals surface area contributed by atoms with Gasteiger partial charge in [-0.2, -0.15) is 4.57 Å². The topological polar surface area (TPSA) is 21.7 Å². The Kier molecular flexibility index (Phi) is 4.27. The van der Waals surface area contributed by atoms with Crippen LogP contribution in [-0.2, 0) is 6.54 Å². The van der Waals surface area contributed by atoms with Crippen molar-refractivity contribution in [3.8, 4) is 5.69 Å². The number of thiazole rings is 1. The van der Waals surface area contributed by atoms with E-state index in [2.05, 4.69) is 76.8 Å². The number of aromatic nitrogens is 3. The van der Waals surface area contributed by atoms with Gasteiger partial charge in [0, 0.05) is 30.2 Å². The number of imidazole rings is 1. The van der Waals surface area contributed by atoms with Crippen LogP contribution >= 0.6 is 11.3 Å². The molecule has 0 aliphatic carbocycles. The molecule has 4 aromatic rings. The molecule has 25 heavy (non-hydrogen) atoms. The van der Waals surface area contributed by atoms with E-state index in [1.54, 1.807) is 23.9 Å². The maximum absolute atomic E-state index is 4.08. The van der Waals surface area contributed by atoms with Crippen molar-refractivity contribution >= 4 is 33.7 Å². The zero-order valence-corrected chi connectivity index (χ0v) is 14.6. The fourth-order valence-electron chi connectivity index (χ4n) is 2.83. The van der Waals surface area contributed by atoms with Gasteiger partial charge in [0.25, 0.3) is 5.01 Å². The summed E-state index contributed by atoms with van der Waals surface area (Å²) in [4.78, 5) is 4.08. The van der Waals surface area contributed by atoms with Gasteiger partial charge < -0.3 is 4.57 Å². The molecular weight excluding hydrogens is 326 g/mol. The third-order valence-electron chi connectivity index (χ3n) is 4.06. The molecule has 2 aromatic heterocycles. The minimum atomic E-state index is 0.809. The maximum atomic E-state index is 4.08. The highest BCUT2D eigenvalue weighted by Crippen LogP contribution is 2.22. The molecule has 0 atom stereocenters. The van der Waals surface area contributed by atoms with E-state index in [9.17, 15) is 0 Å². The number of rotatable bonds is 5. The van der Waals surface area contributed by atoms with Crippen LogP contribution in [0.15, 0.2) is 79.9 Å². The van der Waals surface area contributed by atoms with Crippen LogP contribution in [0.1, 0.15) is 10.6 Å². The molecule has 0 saturated carbocycles. The molecule has 0 aliphatic rings. The molecule has 0 amide bonds. The Balaban J connectivity index is 1.64. The number of fused-ring (bicyclic) bond motifs is 1. The van der Waals surface area contributed by atoms with Gasteiger partial charge in [0.05, 0.1) is 6.33 Å². The Morgan fingerprint density at radius 1 is 1.08 bits per heavy atom. The van der Waals surface area contributed by atoms with Crippen molar-refractivity contribution < 1.29 is 4.57 Å². The van der Waals surface area contributed by atoms with Crippen LogP contribution in [0.5, 0.6) is 0 Å². The number of hydrogen-bond acceptors (Lipinski definition) is 2. The molecule has 4 heteroatoms. The lowest BCUT2D eigenvalue weighted by molar-refractivity contribution is -0.658. The first-order valence-corrected chi connectivity index (χ1v) is 8.95. The van der Waals surface area contributed by atoms with Crippen molar-refractivity contribution in [3.05, 3.63) is 90.5 Å². The quantitative estimate of drug-likeness (QED) is 0.379. The summed E-state index contributed by atoms with van der Waals surface area (Å²) in [5.74, 6) is 0. The second-order valence-electron chi connectivity index (χ2n) is 5.70. The van der Waals surface area contributed by atoms with Gasteiger partial charge in [-0.05, 0) is 35.9 Å². The molecule has 0 saturated heterocycles. The normalized spacial score (nSPS) is 11.4. The average Bonchev–Trinajstić information content (AvgIpc) is 3.30. The van der Waals surface area contributed by atoms with Crippen LogP contribution in [0.2, 0.25) is 0 Å². The number of allylic oxidation sites excluding steroid dienone is 1. The Morgan fingerprint density at radius 3 is 2.68 bits per heavy atom. The van der Waals surface area contributed by atoms with Crippen LogP contribution in [-0.4, -0.2) is 9.55 Å². The summed E-state index contributed by atoms with van der Waals surface area (Å²) < 4.78 is 5.58. The molecule has 0 spiro atoms. The highest BCUT2D eigenvalue weighted by Gasteiger charge is 2.16. The van der Waals surface area contributed by atoms with Gasteiger partial charge in [-0.25, -0.2) is 4.98 Å². The summed E-state index contributed by atoms with van der Waals surface area (Å²) in [5.41, 5.74) is 3.53. The number of para-hydroxylation sites is 1. The van der Waals surface area contributed by atoms with Crippen LogP contribution in [0.25, 0.3) is 28.1 Å². The van der Waals surface area contributed by atoms with E-state index in [1.165, 1.54) is 20.8 Å². The summed E-state index contributed by atoms with van der Waals surface area (Å²) in [6.07, 6.45) is 11.8. The molecule has 3 nitrogen and oxygen atoms in total. The molecule has 0 radical (unpaired) electrons. The standard InChI is InChI=1S/C21H18N3S/c1-2-14-24-19-5-3-4-6-20(19)25-21(24)12-9-17-7-10-18(11-8-17)23-15-13-22-16-23/h2-13,15-16H,1,14H2/q+1. The van der Waals surface area contributed by atoms with Crippen LogP contribution in [0.4, 0.5) is 0 Å². The van der Waals surface area contributed by atoms with Gasteiger partial charge >= 0.3 is 0 Å². The van der Waals surface area contributed by atoms with Crippen LogP contribution < -0.4 is 4.57 Å². The van der Waals surface area contributed by atoms with Crippen molar-refractivity contribution in [2.75, 3.05) is 0 Å². The van der Waals surface area contributed by atoms with Crippen molar-refractivity contribution in [1.29, 1.82) is 0 Å². The number of hydrogen-bond donors (Lipinski definition) is 0. The second kappa shape index (κ2) is 6.87. The van der Waals surface area contributed by atoms with Crippen molar-refractivity contribution in [2.45, 2.75) is 6.54 Å². The van der Waals surface area contributed by atoms with E-state index in [0.29, 0.717) is 0 Å². The molecule has 2 heterocycles. The summed E-state index contributed by atoms with van der Waals surface area (Å²) in [7, 11) is 0. The molecule has 0 unspecified atom stereocenters. The highest BCUT2D eigenvalue weighted by atomic mass is 32.1. The Hall–Kier alpha value is -2.98. The molecule has 0 bridgehead atoms. The predicted octanol–water partition coefficient (Wildman–Crippen LogP) is 4.73.